The lowest BCUT2D eigenvalue weighted by Gasteiger charge is -2.42. The van der Waals surface area contributed by atoms with Gasteiger partial charge >= 0.3 is 0 Å². The van der Waals surface area contributed by atoms with E-state index in [1.165, 1.54) is 0 Å². The Balaban J connectivity index is 2.95. The van der Waals surface area contributed by atoms with Crippen molar-refractivity contribution < 1.29 is 4.39 Å². The second-order valence-electron chi connectivity index (χ2n) is 6.37. The normalized spacial score (nSPS) is 32.6. The molecule has 0 aromatic heterocycles. The molecule has 0 aromatic rings. The van der Waals surface area contributed by atoms with Crippen LogP contribution in [0.4, 0.5) is 4.39 Å². The molecule has 2 atom stereocenters. The van der Waals surface area contributed by atoms with Crippen molar-refractivity contribution in [3.63, 3.8) is 0 Å². The summed E-state index contributed by atoms with van der Waals surface area (Å²) < 4.78 is 14.3. The molecule has 1 aliphatic heterocycles. The summed E-state index contributed by atoms with van der Waals surface area (Å²) in [6.45, 7) is 11.3. The highest BCUT2D eigenvalue weighted by atomic mass is 19.1. The highest BCUT2D eigenvalue weighted by molar-refractivity contribution is 5.07. The van der Waals surface area contributed by atoms with Gasteiger partial charge in [0.2, 0.25) is 0 Å². The lowest BCUT2D eigenvalue weighted by molar-refractivity contribution is 0.0350. The number of likely N-dealkylation sites (tertiary alicyclic amines) is 1. The highest BCUT2D eigenvalue weighted by Gasteiger charge is 2.52. The first kappa shape index (κ1) is 12.9. The molecular weight excluding hydrogens is 191 g/mol. The Labute approximate surface area is 93.4 Å². The minimum Gasteiger partial charge on any atom is -0.302 e. The summed E-state index contributed by atoms with van der Waals surface area (Å²) in [4.78, 5) is 4.27. The second-order valence-corrected chi connectivity index (χ2v) is 6.37. The maximum absolute atomic E-state index is 14.3. The lowest BCUT2D eigenvalue weighted by atomic mass is 9.93. The Morgan fingerprint density at radius 2 is 1.73 bits per heavy atom. The Bertz CT molecular complexity index is 230. The molecule has 1 saturated heterocycles. The van der Waals surface area contributed by atoms with E-state index in [9.17, 15) is 4.39 Å². The molecule has 15 heavy (non-hydrogen) atoms. The molecule has 0 aliphatic carbocycles. The van der Waals surface area contributed by atoms with Gasteiger partial charge in [-0.25, -0.2) is 4.39 Å². The zero-order valence-corrected chi connectivity index (χ0v) is 11.1. The van der Waals surface area contributed by atoms with Crippen LogP contribution in [0.5, 0.6) is 0 Å². The van der Waals surface area contributed by atoms with Crippen molar-refractivity contribution in [3.8, 4) is 0 Å². The van der Waals surface area contributed by atoms with Crippen molar-refractivity contribution in [1.29, 1.82) is 0 Å². The maximum Gasteiger partial charge on any atom is 0.134 e. The van der Waals surface area contributed by atoms with Gasteiger partial charge < -0.3 is 4.90 Å². The molecule has 1 rings (SSSR count). The largest absolute Gasteiger partial charge is 0.302 e. The van der Waals surface area contributed by atoms with E-state index in [1.54, 1.807) is 0 Å². The summed E-state index contributed by atoms with van der Waals surface area (Å²) in [5, 5.41) is 0. The zero-order chi connectivity index (χ0) is 12.0. The third-order valence-corrected chi connectivity index (χ3v) is 3.55. The van der Waals surface area contributed by atoms with E-state index >= 15 is 0 Å². The Hall–Kier alpha value is -0.150. The van der Waals surface area contributed by atoms with Crippen molar-refractivity contribution >= 4 is 0 Å². The first-order valence-corrected chi connectivity index (χ1v) is 5.66. The Morgan fingerprint density at radius 1 is 1.27 bits per heavy atom. The van der Waals surface area contributed by atoms with Gasteiger partial charge in [0.15, 0.2) is 0 Å². The van der Waals surface area contributed by atoms with Gasteiger partial charge in [-0.3, -0.25) is 4.90 Å². The third kappa shape index (κ3) is 2.18. The van der Waals surface area contributed by atoms with Crippen LogP contribution in [0.3, 0.4) is 0 Å². The first-order valence-electron chi connectivity index (χ1n) is 5.66. The van der Waals surface area contributed by atoms with Crippen LogP contribution in [0, 0.1) is 0 Å². The van der Waals surface area contributed by atoms with Gasteiger partial charge in [-0.1, -0.05) is 0 Å². The summed E-state index contributed by atoms with van der Waals surface area (Å²) in [6, 6.07) is 0.0132. The van der Waals surface area contributed by atoms with Gasteiger partial charge in [0.1, 0.15) is 6.17 Å². The van der Waals surface area contributed by atoms with Gasteiger partial charge in [-0.2, -0.15) is 0 Å². The molecule has 2 nitrogen and oxygen atoms in total. The van der Waals surface area contributed by atoms with E-state index in [4.69, 9.17) is 0 Å². The Morgan fingerprint density at radius 3 is 1.93 bits per heavy atom. The van der Waals surface area contributed by atoms with Gasteiger partial charge in [-0.15, -0.1) is 0 Å². The van der Waals surface area contributed by atoms with E-state index in [-0.39, 0.29) is 17.1 Å². The Kier molecular flexibility index (Phi) is 3.19. The van der Waals surface area contributed by atoms with Crippen molar-refractivity contribution in [2.45, 2.75) is 57.9 Å². The molecule has 0 saturated carbocycles. The van der Waals surface area contributed by atoms with E-state index in [1.807, 2.05) is 32.8 Å². The average Bonchev–Trinajstić information content (AvgIpc) is 2.22. The van der Waals surface area contributed by atoms with E-state index in [0.717, 1.165) is 6.54 Å². The van der Waals surface area contributed by atoms with Gasteiger partial charge in [-0.05, 0) is 48.7 Å². The predicted molar refractivity (Wildman–Crippen MR) is 62.9 cm³/mol. The van der Waals surface area contributed by atoms with Crippen LogP contribution in [0.1, 0.15) is 34.6 Å². The zero-order valence-electron chi connectivity index (χ0n) is 11.1. The highest BCUT2D eigenvalue weighted by Crippen LogP contribution is 2.38. The summed E-state index contributed by atoms with van der Waals surface area (Å²) in [5.74, 6) is 0. The number of nitrogens with zero attached hydrogens (tertiary/aromatic N) is 2. The number of hydrogen-bond acceptors (Lipinski definition) is 2. The minimum atomic E-state index is -0.785. The molecule has 0 radical (unpaired) electrons. The number of halogens is 1. The van der Waals surface area contributed by atoms with Crippen LogP contribution in [0.2, 0.25) is 0 Å². The number of rotatable bonds is 1. The molecule has 90 valence electrons. The van der Waals surface area contributed by atoms with Crippen LogP contribution in [-0.2, 0) is 0 Å². The SMILES string of the molecule is CN(C)[C@H]1CN(C(C)(C)C)C(C)(C)C1F. The topological polar surface area (TPSA) is 6.48 Å². The number of alkyl halides is 1. The first-order chi connectivity index (χ1) is 6.58. The maximum atomic E-state index is 14.3. The van der Waals surface area contributed by atoms with Crippen LogP contribution >= 0.6 is 0 Å². The van der Waals surface area contributed by atoms with Crippen LogP contribution < -0.4 is 0 Å². The molecule has 1 aliphatic rings. The fourth-order valence-electron chi connectivity index (χ4n) is 2.70. The average molecular weight is 216 g/mol. The second kappa shape index (κ2) is 3.70. The third-order valence-electron chi connectivity index (χ3n) is 3.55. The quantitative estimate of drug-likeness (QED) is 0.662. The monoisotopic (exact) mass is 216 g/mol. The molecule has 0 aromatic carbocycles. The van der Waals surface area contributed by atoms with Gasteiger partial charge in [0.25, 0.3) is 0 Å². The van der Waals surface area contributed by atoms with Crippen molar-refractivity contribution in [2.75, 3.05) is 20.6 Å². The smallest absolute Gasteiger partial charge is 0.134 e. The summed E-state index contributed by atoms with van der Waals surface area (Å²) in [5.41, 5.74) is -0.341. The predicted octanol–water partition coefficient (Wildman–Crippen LogP) is 2.15. The van der Waals surface area contributed by atoms with E-state index in [2.05, 4.69) is 25.7 Å². The van der Waals surface area contributed by atoms with Gasteiger partial charge in [0, 0.05) is 17.6 Å². The minimum absolute atomic E-state index is 0.0132. The fourth-order valence-corrected chi connectivity index (χ4v) is 2.70. The standard InChI is InChI=1S/C12H25FN2/c1-11(2,3)15-8-9(14(6)7)10(13)12(15,4)5/h9-10H,8H2,1-7H3/t9-,10?/m0/s1. The molecule has 0 bridgehead atoms. The lowest BCUT2D eigenvalue weighted by Crippen LogP contribution is -2.52. The van der Waals surface area contributed by atoms with Crippen LogP contribution in [0.25, 0.3) is 0 Å². The van der Waals surface area contributed by atoms with Crippen LogP contribution in [-0.4, -0.2) is 53.7 Å². The fraction of sp³-hybridized carbons (Fsp3) is 1.00. The van der Waals surface area contributed by atoms with Crippen LogP contribution in [0.15, 0.2) is 0 Å². The molecule has 0 spiro atoms. The van der Waals surface area contributed by atoms with E-state index in [0.29, 0.717) is 0 Å². The summed E-state index contributed by atoms with van der Waals surface area (Å²) in [6.07, 6.45) is -0.785. The summed E-state index contributed by atoms with van der Waals surface area (Å²) >= 11 is 0. The molecule has 0 amide bonds. The van der Waals surface area contributed by atoms with Crippen molar-refractivity contribution in [2.24, 2.45) is 0 Å². The molecule has 0 N–H and O–H groups in total. The van der Waals surface area contributed by atoms with Crippen molar-refractivity contribution in [3.05, 3.63) is 0 Å². The molecule has 1 fully saturated rings. The van der Waals surface area contributed by atoms with E-state index < -0.39 is 6.17 Å². The van der Waals surface area contributed by atoms with Gasteiger partial charge in [0.05, 0.1) is 6.04 Å². The molecular formula is C12H25FN2. The molecule has 1 unspecified atom stereocenters. The van der Waals surface area contributed by atoms with Crippen molar-refractivity contribution in [1.82, 2.24) is 9.80 Å². The number of likely N-dealkylation sites (N-methyl/N-ethyl adjacent to an activating group) is 1. The molecule has 3 heteroatoms. The summed E-state index contributed by atoms with van der Waals surface area (Å²) in [7, 11) is 3.92. The molecule has 1 heterocycles. The number of hydrogen-bond donors (Lipinski definition) is 0.